The maximum absolute atomic E-state index is 5.93. The van der Waals surface area contributed by atoms with Crippen molar-refractivity contribution in [2.24, 2.45) is 11.7 Å². The molecule has 0 bridgehead atoms. The fraction of sp³-hybridized carbons (Fsp3) is 0.625. The molecule has 4 heteroatoms. The van der Waals surface area contributed by atoms with Gasteiger partial charge < -0.3 is 10.5 Å². The standard InChI is InChI=1S/C16H25BrN2O/c1-3-19(15-6-4-5-12(15)10-18)11-13-9-14(17)7-8-16(13)20-2/h7-9,12,15H,3-6,10-11,18H2,1-2H3. The lowest BCUT2D eigenvalue weighted by Crippen LogP contribution is -2.39. The molecule has 0 spiro atoms. The van der Waals surface area contributed by atoms with Gasteiger partial charge in [0.25, 0.3) is 0 Å². The van der Waals surface area contributed by atoms with E-state index in [1.807, 2.05) is 12.1 Å². The Morgan fingerprint density at radius 3 is 2.85 bits per heavy atom. The van der Waals surface area contributed by atoms with Crippen LogP contribution in [0.4, 0.5) is 0 Å². The molecule has 0 aromatic heterocycles. The van der Waals surface area contributed by atoms with Gasteiger partial charge in [-0.25, -0.2) is 0 Å². The Labute approximate surface area is 130 Å². The van der Waals surface area contributed by atoms with Gasteiger partial charge in [0, 0.05) is 22.6 Å². The van der Waals surface area contributed by atoms with E-state index < -0.39 is 0 Å². The Balaban J connectivity index is 2.15. The number of ether oxygens (including phenoxy) is 1. The van der Waals surface area contributed by atoms with Crippen molar-refractivity contribution in [3.8, 4) is 5.75 Å². The number of rotatable bonds is 6. The molecule has 1 aliphatic carbocycles. The molecular weight excluding hydrogens is 316 g/mol. The number of benzene rings is 1. The molecule has 0 amide bonds. The van der Waals surface area contributed by atoms with E-state index in [1.54, 1.807) is 7.11 Å². The largest absolute Gasteiger partial charge is 0.496 e. The van der Waals surface area contributed by atoms with Crippen molar-refractivity contribution in [2.75, 3.05) is 20.2 Å². The van der Waals surface area contributed by atoms with Gasteiger partial charge in [0.15, 0.2) is 0 Å². The van der Waals surface area contributed by atoms with Crippen molar-refractivity contribution in [3.63, 3.8) is 0 Å². The first-order chi connectivity index (χ1) is 9.69. The third kappa shape index (κ3) is 3.54. The number of nitrogens with zero attached hydrogens (tertiary/aromatic N) is 1. The summed E-state index contributed by atoms with van der Waals surface area (Å²) >= 11 is 3.55. The molecular formula is C16H25BrN2O. The minimum atomic E-state index is 0.619. The van der Waals surface area contributed by atoms with Gasteiger partial charge in [-0.05, 0) is 50.0 Å². The average molecular weight is 341 g/mol. The zero-order valence-electron chi connectivity index (χ0n) is 12.4. The summed E-state index contributed by atoms with van der Waals surface area (Å²) in [6.45, 7) is 5.02. The first-order valence-corrected chi connectivity index (χ1v) is 8.25. The van der Waals surface area contributed by atoms with Crippen LogP contribution in [0.15, 0.2) is 22.7 Å². The molecule has 1 aliphatic rings. The van der Waals surface area contributed by atoms with E-state index in [-0.39, 0.29) is 0 Å². The zero-order chi connectivity index (χ0) is 14.5. The highest BCUT2D eigenvalue weighted by Gasteiger charge is 2.30. The molecule has 0 saturated heterocycles. The molecule has 2 N–H and O–H groups in total. The molecule has 0 aliphatic heterocycles. The van der Waals surface area contributed by atoms with E-state index in [0.29, 0.717) is 12.0 Å². The summed E-state index contributed by atoms with van der Waals surface area (Å²) in [5.41, 5.74) is 7.17. The van der Waals surface area contributed by atoms with Gasteiger partial charge in [0.05, 0.1) is 7.11 Å². The minimum Gasteiger partial charge on any atom is -0.496 e. The van der Waals surface area contributed by atoms with Gasteiger partial charge in [-0.2, -0.15) is 0 Å². The maximum atomic E-state index is 5.93. The molecule has 2 unspecified atom stereocenters. The highest BCUT2D eigenvalue weighted by atomic mass is 79.9. The first-order valence-electron chi connectivity index (χ1n) is 7.46. The van der Waals surface area contributed by atoms with E-state index in [2.05, 4.69) is 33.8 Å². The fourth-order valence-corrected chi connectivity index (χ4v) is 3.73. The average Bonchev–Trinajstić information content (AvgIpc) is 2.93. The van der Waals surface area contributed by atoms with E-state index in [4.69, 9.17) is 10.5 Å². The maximum Gasteiger partial charge on any atom is 0.123 e. The summed E-state index contributed by atoms with van der Waals surface area (Å²) in [7, 11) is 1.74. The molecule has 1 aromatic rings. The lowest BCUT2D eigenvalue weighted by Gasteiger charge is -2.32. The number of hydrogen-bond donors (Lipinski definition) is 1. The van der Waals surface area contributed by atoms with Gasteiger partial charge in [-0.1, -0.05) is 29.3 Å². The van der Waals surface area contributed by atoms with Gasteiger partial charge in [0.2, 0.25) is 0 Å². The number of nitrogens with two attached hydrogens (primary N) is 1. The van der Waals surface area contributed by atoms with Gasteiger partial charge in [-0.15, -0.1) is 0 Å². The Morgan fingerprint density at radius 2 is 2.20 bits per heavy atom. The van der Waals surface area contributed by atoms with Gasteiger partial charge in [0.1, 0.15) is 5.75 Å². The Morgan fingerprint density at radius 1 is 1.40 bits per heavy atom. The van der Waals surface area contributed by atoms with Crippen LogP contribution in [0.5, 0.6) is 5.75 Å². The smallest absolute Gasteiger partial charge is 0.123 e. The van der Waals surface area contributed by atoms with Crippen molar-refractivity contribution in [1.29, 1.82) is 0 Å². The van der Waals surface area contributed by atoms with Crippen LogP contribution < -0.4 is 10.5 Å². The van der Waals surface area contributed by atoms with E-state index in [0.717, 1.165) is 29.9 Å². The fourth-order valence-electron chi connectivity index (χ4n) is 3.33. The SMILES string of the molecule is CCN(Cc1cc(Br)ccc1OC)C1CCCC1CN. The summed E-state index contributed by atoms with van der Waals surface area (Å²) in [5, 5.41) is 0. The van der Waals surface area contributed by atoms with Crippen molar-refractivity contribution in [1.82, 2.24) is 4.90 Å². The van der Waals surface area contributed by atoms with E-state index in [1.165, 1.54) is 24.8 Å². The molecule has 0 radical (unpaired) electrons. The Bertz CT molecular complexity index is 438. The molecule has 112 valence electrons. The van der Waals surface area contributed by atoms with E-state index in [9.17, 15) is 0 Å². The molecule has 3 nitrogen and oxygen atoms in total. The normalized spacial score (nSPS) is 22.4. The quantitative estimate of drug-likeness (QED) is 0.862. The molecule has 1 saturated carbocycles. The van der Waals surface area contributed by atoms with E-state index >= 15 is 0 Å². The van der Waals surface area contributed by atoms with Crippen LogP contribution in [0.1, 0.15) is 31.7 Å². The van der Waals surface area contributed by atoms with Crippen molar-refractivity contribution < 1.29 is 4.74 Å². The second-order valence-corrected chi connectivity index (χ2v) is 6.43. The highest BCUT2D eigenvalue weighted by molar-refractivity contribution is 9.10. The first kappa shape index (κ1) is 15.8. The third-order valence-corrected chi connectivity index (χ3v) is 4.91. The van der Waals surface area contributed by atoms with Crippen molar-refractivity contribution in [3.05, 3.63) is 28.2 Å². The monoisotopic (exact) mass is 340 g/mol. The second-order valence-electron chi connectivity index (χ2n) is 5.51. The van der Waals surface area contributed by atoms with Crippen LogP contribution >= 0.6 is 15.9 Å². The van der Waals surface area contributed by atoms with Crippen molar-refractivity contribution >= 4 is 15.9 Å². The van der Waals surface area contributed by atoms with Crippen LogP contribution in [0.3, 0.4) is 0 Å². The summed E-state index contributed by atoms with van der Waals surface area (Å²) in [4.78, 5) is 2.55. The van der Waals surface area contributed by atoms with Crippen LogP contribution in [0.25, 0.3) is 0 Å². The predicted octanol–water partition coefficient (Wildman–Crippen LogP) is 3.41. The van der Waals surface area contributed by atoms with Crippen molar-refractivity contribution in [2.45, 2.75) is 38.8 Å². The second kappa shape index (κ2) is 7.43. The van der Waals surface area contributed by atoms with Crippen LogP contribution in [0.2, 0.25) is 0 Å². The summed E-state index contributed by atoms with van der Waals surface area (Å²) in [6.07, 6.45) is 3.85. The molecule has 0 heterocycles. The molecule has 20 heavy (non-hydrogen) atoms. The summed E-state index contributed by atoms with van der Waals surface area (Å²) in [6, 6.07) is 6.83. The topological polar surface area (TPSA) is 38.5 Å². The van der Waals surface area contributed by atoms with Crippen LogP contribution in [0, 0.1) is 5.92 Å². The molecule has 2 rings (SSSR count). The lowest BCUT2D eigenvalue weighted by molar-refractivity contribution is 0.160. The Kier molecular flexibility index (Phi) is 5.87. The minimum absolute atomic E-state index is 0.619. The lowest BCUT2D eigenvalue weighted by atomic mass is 10.0. The Hall–Kier alpha value is -0.580. The number of methoxy groups -OCH3 is 1. The summed E-state index contributed by atoms with van der Waals surface area (Å²) in [5.74, 6) is 1.61. The van der Waals surface area contributed by atoms with Crippen LogP contribution in [-0.2, 0) is 6.54 Å². The zero-order valence-corrected chi connectivity index (χ0v) is 14.0. The molecule has 1 aromatic carbocycles. The van der Waals surface area contributed by atoms with Gasteiger partial charge >= 0.3 is 0 Å². The summed E-state index contributed by atoms with van der Waals surface area (Å²) < 4.78 is 6.59. The van der Waals surface area contributed by atoms with Crippen LogP contribution in [-0.4, -0.2) is 31.1 Å². The molecule has 1 fully saturated rings. The van der Waals surface area contributed by atoms with Gasteiger partial charge in [-0.3, -0.25) is 4.90 Å². The number of halogens is 1. The molecule has 2 atom stereocenters. The third-order valence-electron chi connectivity index (χ3n) is 4.41. The predicted molar refractivity (Wildman–Crippen MR) is 87.0 cm³/mol. The highest BCUT2D eigenvalue weighted by Crippen LogP contribution is 2.32. The number of hydrogen-bond acceptors (Lipinski definition) is 3.